The number of hydrogen-bond donors (Lipinski definition) is 2. The van der Waals surface area contributed by atoms with Gasteiger partial charge in [-0.3, -0.25) is 0 Å². The van der Waals surface area contributed by atoms with E-state index in [9.17, 15) is 9.59 Å². The van der Waals surface area contributed by atoms with E-state index < -0.39 is 12.0 Å². The second-order valence-corrected chi connectivity index (χ2v) is 8.78. The first-order valence-electron chi connectivity index (χ1n) is 8.86. The van der Waals surface area contributed by atoms with Gasteiger partial charge < -0.3 is 15.4 Å². The highest BCUT2D eigenvalue weighted by atomic mass is 32.2. The number of aryl methyl sites for hydroxylation is 3. The predicted octanol–water partition coefficient (Wildman–Crippen LogP) is 3.43. The normalized spacial score (nSPS) is 16.6. The van der Waals surface area contributed by atoms with Crippen LogP contribution in [0.15, 0.2) is 33.8 Å². The van der Waals surface area contributed by atoms with Crippen LogP contribution in [0.25, 0.3) is 0 Å². The zero-order valence-corrected chi connectivity index (χ0v) is 17.8. The van der Waals surface area contributed by atoms with Crippen molar-refractivity contribution in [1.82, 2.24) is 20.8 Å². The number of aromatic nitrogens is 2. The number of esters is 1. The fourth-order valence-corrected chi connectivity index (χ4v) is 4.74. The summed E-state index contributed by atoms with van der Waals surface area (Å²) in [5.41, 5.74) is 3.88. The van der Waals surface area contributed by atoms with Crippen LogP contribution in [0, 0.1) is 20.8 Å². The highest BCUT2D eigenvalue weighted by Gasteiger charge is 2.34. The number of ether oxygens (including phenoxy) is 1. The zero-order chi connectivity index (χ0) is 20.3. The largest absolute Gasteiger partial charge is 0.463 e. The van der Waals surface area contributed by atoms with E-state index in [4.69, 9.17) is 4.74 Å². The van der Waals surface area contributed by atoms with Gasteiger partial charge in [0.05, 0.1) is 18.2 Å². The van der Waals surface area contributed by atoms with Gasteiger partial charge in [-0.1, -0.05) is 46.9 Å². The number of benzene rings is 1. The monoisotopic (exact) mass is 418 g/mol. The molecule has 0 unspecified atom stereocenters. The number of hydrogen-bond acceptors (Lipinski definition) is 7. The molecular formula is C19H22N4O3S2. The molecule has 2 amide bonds. The number of carbonyl (C=O) groups is 2. The maximum absolute atomic E-state index is 12.8. The smallest absolute Gasteiger partial charge is 0.338 e. The summed E-state index contributed by atoms with van der Waals surface area (Å²) in [5.74, 6) is -0.0534. The van der Waals surface area contributed by atoms with Crippen LogP contribution in [0.1, 0.15) is 34.7 Å². The molecule has 1 aromatic carbocycles. The third-order valence-corrected chi connectivity index (χ3v) is 6.24. The molecule has 0 spiro atoms. The van der Waals surface area contributed by atoms with Crippen molar-refractivity contribution in [2.75, 3.05) is 12.4 Å². The molecule has 0 saturated carbocycles. The third-order valence-electron chi connectivity index (χ3n) is 4.24. The van der Waals surface area contributed by atoms with Crippen molar-refractivity contribution in [2.24, 2.45) is 0 Å². The van der Waals surface area contributed by atoms with E-state index in [1.54, 1.807) is 6.92 Å². The van der Waals surface area contributed by atoms with E-state index in [1.807, 2.05) is 39.0 Å². The van der Waals surface area contributed by atoms with Gasteiger partial charge in [-0.15, -0.1) is 10.2 Å². The Morgan fingerprint density at radius 1 is 1.29 bits per heavy atom. The molecule has 1 atom stereocenters. The fourth-order valence-electron chi connectivity index (χ4n) is 2.96. The summed E-state index contributed by atoms with van der Waals surface area (Å²) in [6.07, 6.45) is 0. The number of carbonyl (C=O) groups excluding carboxylic acids is 2. The van der Waals surface area contributed by atoms with Crippen LogP contribution < -0.4 is 10.6 Å². The molecule has 0 fully saturated rings. The lowest BCUT2D eigenvalue weighted by molar-refractivity contribution is -0.139. The Labute approximate surface area is 172 Å². The van der Waals surface area contributed by atoms with Crippen molar-refractivity contribution >= 4 is 35.1 Å². The van der Waals surface area contributed by atoms with E-state index in [0.29, 0.717) is 17.0 Å². The predicted molar refractivity (Wildman–Crippen MR) is 109 cm³/mol. The minimum absolute atomic E-state index is 0.256. The van der Waals surface area contributed by atoms with Crippen LogP contribution in [0.4, 0.5) is 4.79 Å². The topological polar surface area (TPSA) is 93.2 Å². The van der Waals surface area contributed by atoms with Crippen molar-refractivity contribution in [2.45, 2.75) is 38.1 Å². The Morgan fingerprint density at radius 3 is 2.75 bits per heavy atom. The summed E-state index contributed by atoms with van der Waals surface area (Å²) in [6.45, 7) is 7.84. The molecule has 1 aliphatic rings. The van der Waals surface area contributed by atoms with Gasteiger partial charge in [0.25, 0.3) is 0 Å². The third kappa shape index (κ3) is 4.53. The number of nitrogens with one attached hydrogen (secondary N) is 2. The molecule has 2 N–H and O–H groups in total. The summed E-state index contributed by atoms with van der Waals surface area (Å²) >= 11 is 2.90. The number of urea groups is 1. The SMILES string of the molecule is CCOC(=O)C1=C(CSc2nnc(C)s2)NC(=O)N[C@H]1c1cc(C)ccc1C. The van der Waals surface area contributed by atoms with Crippen LogP contribution in [0.2, 0.25) is 0 Å². The molecule has 0 aliphatic carbocycles. The minimum atomic E-state index is -0.570. The minimum Gasteiger partial charge on any atom is -0.463 e. The Morgan fingerprint density at radius 2 is 2.07 bits per heavy atom. The van der Waals surface area contributed by atoms with E-state index >= 15 is 0 Å². The second kappa shape index (κ2) is 8.74. The first-order valence-corrected chi connectivity index (χ1v) is 10.7. The maximum Gasteiger partial charge on any atom is 0.338 e. The molecule has 2 heterocycles. The van der Waals surface area contributed by atoms with Gasteiger partial charge in [0, 0.05) is 11.4 Å². The molecule has 3 rings (SSSR count). The Kier molecular flexibility index (Phi) is 6.35. The Bertz CT molecular complexity index is 939. The van der Waals surface area contributed by atoms with Crippen LogP contribution in [-0.4, -0.2) is 34.6 Å². The van der Waals surface area contributed by atoms with Crippen LogP contribution >= 0.6 is 23.1 Å². The summed E-state index contributed by atoms with van der Waals surface area (Å²) < 4.78 is 6.08. The van der Waals surface area contributed by atoms with Gasteiger partial charge in [-0.05, 0) is 38.8 Å². The van der Waals surface area contributed by atoms with Gasteiger partial charge >= 0.3 is 12.0 Å². The lowest BCUT2D eigenvalue weighted by atomic mass is 9.91. The van der Waals surface area contributed by atoms with Gasteiger partial charge in [-0.25, -0.2) is 9.59 Å². The van der Waals surface area contributed by atoms with Gasteiger partial charge in [0.2, 0.25) is 0 Å². The first-order chi connectivity index (χ1) is 13.4. The summed E-state index contributed by atoms with van der Waals surface area (Å²) in [7, 11) is 0. The number of amides is 2. The Balaban J connectivity index is 2.02. The molecule has 7 nitrogen and oxygen atoms in total. The quantitative estimate of drug-likeness (QED) is 0.551. The molecule has 0 saturated heterocycles. The average Bonchev–Trinajstić information content (AvgIpc) is 3.07. The molecular weight excluding hydrogens is 396 g/mol. The Hall–Kier alpha value is -2.39. The van der Waals surface area contributed by atoms with E-state index in [2.05, 4.69) is 20.8 Å². The summed E-state index contributed by atoms with van der Waals surface area (Å²) in [5, 5.41) is 14.6. The standard InChI is InChI=1S/C19H22N4O3S2/c1-5-26-17(24)15-14(9-27-19-23-22-12(4)28-19)20-18(25)21-16(15)13-8-10(2)6-7-11(13)3/h6-8,16H,5,9H2,1-4H3,(H2,20,21,25)/t16-/m0/s1. The molecule has 1 aromatic heterocycles. The van der Waals surface area contributed by atoms with E-state index in [1.165, 1.54) is 23.1 Å². The first kappa shape index (κ1) is 20.3. The number of nitrogens with zero attached hydrogens (tertiary/aromatic N) is 2. The number of rotatable bonds is 6. The maximum atomic E-state index is 12.8. The van der Waals surface area contributed by atoms with Crippen molar-refractivity contribution in [3.05, 3.63) is 51.2 Å². The van der Waals surface area contributed by atoms with Gasteiger partial charge in [0.15, 0.2) is 4.34 Å². The van der Waals surface area contributed by atoms with E-state index in [-0.39, 0.29) is 12.6 Å². The van der Waals surface area contributed by atoms with Gasteiger partial charge in [0.1, 0.15) is 5.01 Å². The highest BCUT2D eigenvalue weighted by Crippen LogP contribution is 2.33. The van der Waals surface area contributed by atoms with Crippen molar-refractivity contribution in [3.63, 3.8) is 0 Å². The summed E-state index contributed by atoms with van der Waals surface area (Å²) in [6, 6.07) is 5.07. The average molecular weight is 419 g/mol. The summed E-state index contributed by atoms with van der Waals surface area (Å²) in [4.78, 5) is 25.2. The highest BCUT2D eigenvalue weighted by molar-refractivity contribution is 8.01. The lowest BCUT2D eigenvalue weighted by Gasteiger charge is -2.30. The van der Waals surface area contributed by atoms with E-state index in [0.717, 1.165) is 26.0 Å². The molecule has 2 aromatic rings. The molecule has 1 aliphatic heterocycles. The van der Waals surface area contributed by atoms with Crippen molar-refractivity contribution < 1.29 is 14.3 Å². The van der Waals surface area contributed by atoms with Crippen LogP contribution in [-0.2, 0) is 9.53 Å². The lowest BCUT2D eigenvalue weighted by Crippen LogP contribution is -2.46. The van der Waals surface area contributed by atoms with Crippen molar-refractivity contribution in [1.29, 1.82) is 0 Å². The molecule has 0 bridgehead atoms. The molecule has 28 heavy (non-hydrogen) atoms. The second-order valence-electron chi connectivity index (χ2n) is 6.38. The van der Waals surface area contributed by atoms with Crippen LogP contribution in [0.5, 0.6) is 0 Å². The fraction of sp³-hybridized carbons (Fsp3) is 0.368. The number of thioether (sulfide) groups is 1. The molecule has 0 radical (unpaired) electrons. The molecule has 9 heteroatoms. The van der Waals surface area contributed by atoms with Gasteiger partial charge in [-0.2, -0.15) is 0 Å². The zero-order valence-electron chi connectivity index (χ0n) is 16.2. The van der Waals surface area contributed by atoms with Crippen molar-refractivity contribution in [3.8, 4) is 0 Å². The van der Waals surface area contributed by atoms with Crippen LogP contribution in [0.3, 0.4) is 0 Å². The molecule has 148 valence electrons.